The molecule has 0 radical (unpaired) electrons. The van der Waals surface area contributed by atoms with E-state index < -0.39 is 11.6 Å². The van der Waals surface area contributed by atoms with E-state index in [4.69, 9.17) is 9.47 Å². The van der Waals surface area contributed by atoms with Crippen molar-refractivity contribution in [3.05, 3.63) is 53.8 Å². The second-order valence-electron chi connectivity index (χ2n) is 5.40. The lowest BCUT2D eigenvalue weighted by atomic mass is 10.1. The molecule has 1 amide bonds. The third-order valence-electron chi connectivity index (χ3n) is 3.87. The summed E-state index contributed by atoms with van der Waals surface area (Å²) in [7, 11) is 4.65. The Labute approximate surface area is 146 Å². The number of nitrogens with zero attached hydrogens (tertiary/aromatic N) is 1. The summed E-state index contributed by atoms with van der Waals surface area (Å²) in [6, 6.07) is 10.8. The summed E-state index contributed by atoms with van der Waals surface area (Å²) in [5.41, 5.74) is 0.616. The maximum absolute atomic E-state index is 13.6. The van der Waals surface area contributed by atoms with E-state index in [-0.39, 0.29) is 24.3 Å². The largest absolute Gasteiger partial charge is 0.493 e. The molecule has 0 spiro atoms. The summed E-state index contributed by atoms with van der Waals surface area (Å²) in [5.74, 6) is -0.166. The Hall–Kier alpha value is -2.89. The van der Waals surface area contributed by atoms with Gasteiger partial charge in [-0.05, 0) is 24.3 Å². The Kier molecular flexibility index (Phi) is 6.11. The van der Waals surface area contributed by atoms with Gasteiger partial charge in [-0.25, -0.2) is 4.39 Å². The van der Waals surface area contributed by atoms with Crippen molar-refractivity contribution >= 4 is 17.4 Å². The number of carbonyl (C=O) groups excluding carboxylic acids is 2. The van der Waals surface area contributed by atoms with Gasteiger partial charge in [-0.1, -0.05) is 12.1 Å². The highest BCUT2D eigenvalue weighted by molar-refractivity contribution is 6.00. The molecule has 0 saturated heterocycles. The van der Waals surface area contributed by atoms with Gasteiger partial charge >= 0.3 is 0 Å². The molecular formula is C19H20FNO4. The van der Waals surface area contributed by atoms with E-state index >= 15 is 0 Å². The van der Waals surface area contributed by atoms with Crippen LogP contribution < -0.4 is 14.4 Å². The monoisotopic (exact) mass is 345 g/mol. The molecule has 0 N–H and O–H groups in total. The number of halogens is 1. The van der Waals surface area contributed by atoms with Crippen LogP contribution in [0.15, 0.2) is 42.5 Å². The predicted molar refractivity (Wildman–Crippen MR) is 92.9 cm³/mol. The van der Waals surface area contributed by atoms with Crippen LogP contribution in [0.4, 0.5) is 10.1 Å². The van der Waals surface area contributed by atoms with Crippen LogP contribution >= 0.6 is 0 Å². The van der Waals surface area contributed by atoms with Gasteiger partial charge in [-0.2, -0.15) is 0 Å². The molecule has 5 nitrogen and oxygen atoms in total. The average molecular weight is 345 g/mol. The van der Waals surface area contributed by atoms with Crippen LogP contribution in [0.1, 0.15) is 23.2 Å². The van der Waals surface area contributed by atoms with Gasteiger partial charge < -0.3 is 14.4 Å². The van der Waals surface area contributed by atoms with Crippen LogP contribution in [-0.4, -0.2) is 33.0 Å². The van der Waals surface area contributed by atoms with E-state index in [1.165, 1.54) is 37.3 Å². The fourth-order valence-corrected chi connectivity index (χ4v) is 2.39. The highest BCUT2D eigenvalue weighted by Gasteiger charge is 2.17. The molecule has 0 fully saturated rings. The van der Waals surface area contributed by atoms with Gasteiger partial charge in [0, 0.05) is 31.6 Å². The molecule has 2 rings (SSSR count). The summed E-state index contributed by atoms with van der Waals surface area (Å²) in [6.07, 6.45) is -0.0740. The number of Topliss-reactive ketones (excluding diaryl/α,β-unsaturated/α-hetero) is 1. The van der Waals surface area contributed by atoms with Crippen LogP contribution in [0.25, 0.3) is 0 Å². The minimum absolute atomic E-state index is 0.00377. The van der Waals surface area contributed by atoms with Crippen LogP contribution in [0, 0.1) is 5.82 Å². The molecule has 0 aliphatic heterocycles. The first-order chi connectivity index (χ1) is 12.0. The van der Waals surface area contributed by atoms with Crippen molar-refractivity contribution in [2.75, 3.05) is 26.2 Å². The number of anilines is 1. The zero-order chi connectivity index (χ0) is 18.4. The van der Waals surface area contributed by atoms with E-state index in [9.17, 15) is 14.0 Å². The van der Waals surface area contributed by atoms with Crippen molar-refractivity contribution < 1.29 is 23.5 Å². The zero-order valence-electron chi connectivity index (χ0n) is 14.4. The number of benzene rings is 2. The van der Waals surface area contributed by atoms with Crippen molar-refractivity contribution in [1.82, 2.24) is 0 Å². The topological polar surface area (TPSA) is 55.8 Å². The number of ketones is 1. The number of amides is 1. The van der Waals surface area contributed by atoms with Gasteiger partial charge in [-0.15, -0.1) is 0 Å². The maximum atomic E-state index is 13.6. The minimum Gasteiger partial charge on any atom is -0.493 e. The van der Waals surface area contributed by atoms with Gasteiger partial charge in [0.15, 0.2) is 17.3 Å². The van der Waals surface area contributed by atoms with Gasteiger partial charge in [-0.3, -0.25) is 9.59 Å². The fraction of sp³-hybridized carbons (Fsp3) is 0.263. The second kappa shape index (κ2) is 8.28. The van der Waals surface area contributed by atoms with Crippen LogP contribution in [0.3, 0.4) is 0 Å². The summed E-state index contributed by atoms with van der Waals surface area (Å²) in [4.78, 5) is 25.8. The summed E-state index contributed by atoms with van der Waals surface area (Å²) in [5, 5.41) is 0. The molecule has 0 aliphatic carbocycles. The van der Waals surface area contributed by atoms with Crippen LogP contribution in [0.2, 0.25) is 0 Å². The number of methoxy groups -OCH3 is 2. The third kappa shape index (κ3) is 4.35. The number of ether oxygens (including phenoxy) is 2. The molecule has 2 aromatic rings. The Morgan fingerprint density at radius 1 is 1.00 bits per heavy atom. The summed E-state index contributed by atoms with van der Waals surface area (Å²) < 4.78 is 24.0. The first-order valence-electron chi connectivity index (χ1n) is 7.74. The first-order valence-corrected chi connectivity index (χ1v) is 7.74. The van der Waals surface area contributed by atoms with E-state index in [0.717, 1.165) is 0 Å². The van der Waals surface area contributed by atoms with Crippen molar-refractivity contribution in [3.8, 4) is 11.5 Å². The number of carbonyl (C=O) groups is 2. The summed E-state index contributed by atoms with van der Waals surface area (Å²) >= 11 is 0. The highest BCUT2D eigenvalue weighted by atomic mass is 19.1. The van der Waals surface area contributed by atoms with Gasteiger partial charge in [0.25, 0.3) is 0 Å². The molecule has 6 heteroatoms. The first kappa shape index (κ1) is 18.4. The van der Waals surface area contributed by atoms with Gasteiger partial charge in [0.1, 0.15) is 5.82 Å². The van der Waals surface area contributed by atoms with Crippen molar-refractivity contribution in [3.63, 3.8) is 0 Å². The van der Waals surface area contributed by atoms with Crippen molar-refractivity contribution in [2.24, 2.45) is 0 Å². The highest BCUT2D eigenvalue weighted by Crippen LogP contribution is 2.31. The molecule has 0 saturated carbocycles. The number of hydrogen-bond donors (Lipinski definition) is 0. The number of rotatable bonds is 7. The van der Waals surface area contributed by atoms with E-state index in [1.54, 1.807) is 31.3 Å². The lowest BCUT2D eigenvalue weighted by Gasteiger charge is -2.19. The van der Waals surface area contributed by atoms with E-state index in [2.05, 4.69) is 0 Å². The SMILES string of the molecule is COc1ccc(N(C)C(=O)CCC(=O)c2ccccc2F)cc1OC. The minimum atomic E-state index is -0.576. The zero-order valence-corrected chi connectivity index (χ0v) is 14.4. The standard InChI is InChI=1S/C19H20FNO4/c1-21(13-8-10-17(24-2)18(12-13)25-3)19(23)11-9-16(22)14-6-4-5-7-15(14)20/h4-8,10,12H,9,11H2,1-3H3. The molecule has 0 atom stereocenters. The summed E-state index contributed by atoms with van der Waals surface area (Å²) in [6.45, 7) is 0. The Morgan fingerprint density at radius 2 is 1.68 bits per heavy atom. The normalized spacial score (nSPS) is 10.2. The van der Waals surface area contributed by atoms with E-state index in [1.807, 2.05) is 0 Å². The van der Waals surface area contributed by atoms with Gasteiger partial charge in [0.2, 0.25) is 5.91 Å². The Morgan fingerprint density at radius 3 is 2.32 bits per heavy atom. The molecule has 0 aliphatic rings. The molecule has 132 valence electrons. The lowest BCUT2D eigenvalue weighted by Crippen LogP contribution is -2.26. The van der Waals surface area contributed by atoms with Crippen molar-refractivity contribution in [2.45, 2.75) is 12.8 Å². The van der Waals surface area contributed by atoms with Crippen LogP contribution in [-0.2, 0) is 4.79 Å². The lowest BCUT2D eigenvalue weighted by molar-refractivity contribution is -0.118. The number of hydrogen-bond acceptors (Lipinski definition) is 4. The van der Waals surface area contributed by atoms with Gasteiger partial charge in [0.05, 0.1) is 19.8 Å². The molecule has 2 aromatic carbocycles. The predicted octanol–water partition coefficient (Wildman–Crippen LogP) is 3.47. The molecule has 25 heavy (non-hydrogen) atoms. The molecule has 0 aromatic heterocycles. The van der Waals surface area contributed by atoms with Crippen molar-refractivity contribution in [1.29, 1.82) is 0 Å². The maximum Gasteiger partial charge on any atom is 0.227 e. The Bertz CT molecular complexity index is 776. The molecule has 0 bridgehead atoms. The van der Waals surface area contributed by atoms with Crippen LogP contribution in [0.5, 0.6) is 11.5 Å². The van der Waals surface area contributed by atoms with E-state index in [0.29, 0.717) is 17.2 Å². The molecular weight excluding hydrogens is 325 g/mol. The molecule has 0 unspecified atom stereocenters. The smallest absolute Gasteiger partial charge is 0.227 e. The molecule has 0 heterocycles. The average Bonchev–Trinajstić information content (AvgIpc) is 2.64. The third-order valence-corrected chi connectivity index (χ3v) is 3.87. The second-order valence-corrected chi connectivity index (χ2v) is 5.40. The quantitative estimate of drug-likeness (QED) is 0.721. The fourth-order valence-electron chi connectivity index (χ4n) is 2.39. The Balaban J connectivity index is 2.03.